The van der Waals surface area contributed by atoms with Crippen molar-refractivity contribution in [1.29, 1.82) is 0 Å². The zero-order valence-electron chi connectivity index (χ0n) is 13.1. The molecule has 0 saturated heterocycles. The minimum Gasteiger partial charge on any atom is -0.469 e. The van der Waals surface area contributed by atoms with Crippen LogP contribution in [-0.2, 0) is 10.0 Å². The summed E-state index contributed by atoms with van der Waals surface area (Å²) in [4.78, 5) is 19.8. The second kappa shape index (κ2) is 6.73. The second-order valence-corrected chi connectivity index (χ2v) is 6.73. The summed E-state index contributed by atoms with van der Waals surface area (Å²) in [6, 6.07) is 8.89. The highest BCUT2D eigenvalue weighted by atomic mass is 32.2. The van der Waals surface area contributed by atoms with Gasteiger partial charge in [0.1, 0.15) is 5.76 Å². The van der Waals surface area contributed by atoms with Crippen LogP contribution in [0.25, 0.3) is 0 Å². The number of hydrogen-bond acceptors (Lipinski definition) is 6. The van der Waals surface area contributed by atoms with Gasteiger partial charge >= 0.3 is 0 Å². The van der Waals surface area contributed by atoms with E-state index in [2.05, 4.69) is 20.0 Å². The Morgan fingerprint density at radius 3 is 2.36 bits per heavy atom. The number of hydrogen-bond donors (Lipinski definition) is 2. The minimum absolute atomic E-state index is 0.0182. The highest BCUT2D eigenvalue weighted by Crippen LogP contribution is 2.18. The van der Waals surface area contributed by atoms with E-state index in [-0.39, 0.29) is 16.8 Å². The molecular formula is C16H14N4O4S. The van der Waals surface area contributed by atoms with Gasteiger partial charge in [0.05, 0.1) is 16.7 Å². The fourth-order valence-electron chi connectivity index (χ4n) is 2.07. The normalized spacial score (nSPS) is 11.1. The molecule has 8 nitrogen and oxygen atoms in total. The van der Waals surface area contributed by atoms with Crippen molar-refractivity contribution in [3.8, 4) is 0 Å². The number of carbonyl (C=O) groups excluding carboxylic acids is 1. The molecule has 0 aliphatic carbocycles. The number of rotatable bonds is 5. The first-order valence-corrected chi connectivity index (χ1v) is 8.69. The number of benzene rings is 1. The molecule has 0 aliphatic rings. The van der Waals surface area contributed by atoms with Crippen molar-refractivity contribution in [2.45, 2.75) is 11.8 Å². The zero-order chi connectivity index (χ0) is 17.9. The molecule has 0 saturated carbocycles. The monoisotopic (exact) mass is 358 g/mol. The van der Waals surface area contributed by atoms with Gasteiger partial charge in [-0.2, -0.15) is 0 Å². The van der Waals surface area contributed by atoms with Crippen LogP contribution in [0.2, 0.25) is 0 Å². The fraction of sp³-hybridized carbons (Fsp3) is 0.0625. The quantitative estimate of drug-likeness (QED) is 0.724. The lowest BCUT2D eigenvalue weighted by atomic mass is 10.2. The van der Waals surface area contributed by atoms with E-state index in [1.807, 2.05) is 0 Å². The molecule has 2 heterocycles. The van der Waals surface area contributed by atoms with E-state index in [0.29, 0.717) is 17.0 Å². The lowest BCUT2D eigenvalue weighted by Crippen LogP contribution is -2.15. The van der Waals surface area contributed by atoms with Crippen LogP contribution < -0.4 is 10.0 Å². The molecule has 0 unspecified atom stereocenters. The first-order chi connectivity index (χ1) is 12.0. The predicted molar refractivity (Wildman–Crippen MR) is 90.7 cm³/mol. The highest BCUT2D eigenvalue weighted by molar-refractivity contribution is 7.92. The van der Waals surface area contributed by atoms with E-state index in [1.54, 1.807) is 19.1 Å². The number of furan rings is 1. The highest BCUT2D eigenvalue weighted by Gasteiger charge is 2.16. The SMILES string of the molecule is Cc1occc1C(=O)Nc1ccc(S(=O)(=O)Nc2ncccn2)cc1. The molecule has 1 aromatic carbocycles. The van der Waals surface area contributed by atoms with Crippen LogP contribution in [0.3, 0.4) is 0 Å². The van der Waals surface area contributed by atoms with Gasteiger partial charge in [0.15, 0.2) is 0 Å². The van der Waals surface area contributed by atoms with Crippen molar-refractivity contribution in [3.63, 3.8) is 0 Å². The number of carbonyl (C=O) groups is 1. The molecule has 2 aromatic heterocycles. The predicted octanol–water partition coefficient (Wildman–Crippen LogP) is 2.43. The fourth-order valence-corrected chi connectivity index (χ4v) is 3.03. The van der Waals surface area contributed by atoms with Crippen molar-refractivity contribution in [3.05, 3.63) is 66.4 Å². The smallest absolute Gasteiger partial charge is 0.264 e. The Morgan fingerprint density at radius 1 is 1.08 bits per heavy atom. The molecule has 2 N–H and O–H groups in total. The third-order valence-corrected chi connectivity index (χ3v) is 4.66. The summed E-state index contributed by atoms with van der Waals surface area (Å²) >= 11 is 0. The Balaban J connectivity index is 1.73. The van der Waals surface area contributed by atoms with Crippen molar-refractivity contribution in [2.75, 3.05) is 10.0 Å². The summed E-state index contributed by atoms with van der Waals surface area (Å²) in [5.41, 5.74) is 0.875. The average Bonchev–Trinajstić information content (AvgIpc) is 3.02. The van der Waals surface area contributed by atoms with Crippen molar-refractivity contribution < 1.29 is 17.6 Å². The number of nitrogens with zero attached hydrogens (tertiary/aromatic N) is 2. The third kappa shape index (κ3) is 3.83. The molecule has 0 aliphatic heterocycles. The van der Waals surface area contributed by atoms with Crippen LogP contribution in [0, 0.1) is 6.92 Å². The van der Waals surface area contributed by atoms with Gasteiger partial charge in [-0.05, 0) is 43.3 Å². The van der Waals surface area contributed by atoms with Crippen molar-refractivity contribution in [1.82, 2.24) is 9.97 Å². The summed E-state index contributed by atoms with van der Waals surface area (Å²) in [5, 5.41) is 2.67. The Labute approximate surface area is 144 Å². The number of nitrogens with one attached hydrogen (secondary N) is 2. The van der Waals surface area contributed by atoms with Gasteiger partial charge in [0, 0.05) is 18.1 Å². The van der Waals surface area contributed by atoms with Gasteiger partial charge in [-0.1, -0.05) is 0 Å². The summed E-state index contributed by atoms with van der Waals surface area (Å²) in [6.45, 7) is 1.68. The molecular weight excluding hydrogens is 344 g/mol. The summed E-state index contributed by atoms with van der Waals surface area (Å²) in [5.74, 6) is 0.150. The lowest BCUT2D eigenvalue weighted by molar-refractivity contribution is 0.102. The first kappa shape index (κ1) is 16.7. The maximum Gasteiger partial charge on any atom is 0.264 e. The van der Waals surface area contributed by atoms with Gasteiger partial charge in [-0.15, -0.1) is 0 Å². The molecule has 0 radical (unpaired) electrons. The van der Waals surface area contributed by atoms with Crippen LogP contribution in [0.5, 0.6) is 0 Å². The molecule has 0 bridgehead atoms. The first-order valence-electron chi connectivity index (χ1n) is 7.21. The summed E-state index contributed by atoms with van der Waals surface area (Å²) in [7, 11) is -3.81. The van der Waals surface area contributed by atoms with Gasteiger partial charge in [-0.25, -0.2) is 23.1 Å². The van der Waals surface area contributed by atoms with Gasteiger partial charge in [-0.3, -0.25) is 4.79 Å². The Hall–Kier alpha value is -3.20. The van der Waals surface area contributed by atoms with Crippen LogP contribution in [0.4, 0.5) is 11.6 Å². The summed E-state index contributed by atoms with van der Waals surface area (Å²) < 4.78 is 31.9. The molecule has 0 spiro atoms. The maximum atomic E-state index is 12.3. The Kier molecular flexibility index (Phi) is 4.48. The van der Waals surface area contributed by atoms with Crippen LogP contribution in [0.15, 0.2) is 64.4 Å². The number of sulfonamides is 1. The van der Waals surface area contributed by atoms with E-state index < -0.39 is 10.0 Å². The third-order valence-electron chi connectivity index (χ3n) is 3.32. The number of aromatic nitrogens is 2. The minimum atomic E-state index is -3.81. The van der Waals surface area contributed by atoms with Crippen LogP contribution in [-0.4, -0.2) is 24.3 Å². The lowest BCUT2D eigenvalue weighted by Gasteiger charge is -2.08. The Bertz CT molecular complexity index is 982. The topological polar surface area (TPSA) is 114 Å². The van der Waals surface area contributed by atoms with Crippen molar-refractivity contribution >= 4 is 27.6 Å². The average molecular weight is 358 g/mol. The molecule has 3 rings (SSSR count). The number of amides is 1. The van der Waals surface area contributed by atoms with E-state index in [9.17, 15) is 13.2 Å². The summed E-state index contributed by atoms with van der Waals surface area (Å²) in [6.07, 6.45) is 4.29. The zero-order valence-corrected chi connectivity index (χ0v) is 13.9. The van der Waals surface area contributed by atoms with Gasteiger partial charge < -0.3 is 9.73 Å². The standard InChI is InChI=1S/C16H14N4O4S/c1-11-14(7-10-24-11)15(21)19-12-3-5-13(6-4-12)25(22,23)20-16-17-8-2-9-18-16/h2-10H,1H3,(H,19,21)(H,17,18,20). The largest absolute Gasteiger partial charge is 0.469 e. The van der Waals surface area contributed by atoms with E-state index >= 15 is 0 Å². The molecule has 0 fully saturated rings. The van der Waals surface area contributed by atoms with E-state index in [4.69, 9.17) is 4.42 Å². The number of anilines is 2. The maximum absolute atomic E-state index is 12.3. The van der Waals surface area contributed by atoms with E-state index in [0.717, 1.165) is 0 Å². The number of aryl methyl sites for hydroxylation is 1. The van der Waals surface area contributed by atoms with Crippen LogP contribution in [0.1, 0.15) is 16.1 Å². The molecule has 0 atom stereocenters. The van der Waals surface area contributed by atoms with Gasteiger partial charge in [0.25, 0.3) is 15.9 Å². The van der Waals surface area contributed by atoms with Crippen LogP contribution >= 0.6 is 0 Å². The van der Waals surface area contributed by atoms with Gasteiger partial charge in [0.2, 0.25) is 5.95 Å². The molecule has 128 valence electrons. The molecule has 3 aromatic rings. The Morgan fingerprint density at radius 2 is 1.76 bits per heavy atom. The second-order valence-electron chi connectivity index (χ2n) is 5.05. The molecule has 9 heteroatoms. The van der Waals surface area contributed by atoms with Crippen molar-refractivity contribution in [2.24, 2.45) is 0 Å². The molecule has 1 amide bonds. The molecule has 25 heavy (non-hydrogen) atoms. The van der Waals surface area contributed by atoms with E-state index in [1.165, 1.54) is 42.9 Å².